The average molecular weight is 198 g/mol. The van der Waals surface area contributed by atoms with Crippen LogP contribution in [0.3, 0.4) is 0 Å². The highest BCUT2D eigenvalue weighted by molar-refractivity contribution is 5.75. The Morgan fingerprint density at radius 2 is 0.692 bits per heavy atom. The lowest BCUT2D eigenvalue weighted by Gasteiger charge is -1.99. The van der Waals surface area contributed by atoms with Crippen LogP contribution in [0.15, 0.2) is 0 Å². The minimum absolute atomic E-state index is 0. The quantitative estimate of drug-likeness (QED) is 0.377. The molecule has 0 fully saturated rings. The maximum atomic E-state index is 2.28. The first kappa shape index (κ1) is 15.7. The zero-order valence-electron chi connectivity index (χ0n) is 9.57. The Kier molecular flexibility index (Phi) is 17.8. The molecule has 1 heteroatoms. The molecule has 0 aromatic heterocycles. The van der Waals surface area contributed by atoms with Gasteiger partial charge in [-0.15, -0.1) is 0 Å². The van der Waals surface area contributed by atoms with E-state index in [0.29, 0.717) is 0 Å². The molecule has 0 aliphatic carbocycles. The molecule has 0 nitrogen and oxygen atoms in total. The Bertz CT molecular complexity index is 61.5. The summed E-state index contributed by atoms with van der Waals surface area (Å²) in [5.74, 6) is 0. The fourth-order valence-electron chi connectivity index (χ4n) is 1.56. The van der Waals surface area contributed by atoms with E-state index >= 15 is 0 Å². The molecule has 0 aliphatic rings. The molecule has 0 saturated carbocycles. The topological polar surface area (TPSA) is 0 Å². The van der Waals surface area contributed by atoms with Crippen LogP contribution in [-0.4, -0.2) is 11.0 Å². The van der Waals surface area contributed by atoms with Crippen LogP contribution in [-0.2, 0) is 0 Å². The predicted octanol–water partition coefficient (Wildman–Crippen LogP) is 4.55. The van der Waals surface area contributed by atoms with Gasteiger partial charge in [0, 0.05) is 11.0 Å². The summed E-state index contributed by atoms with van der Waals surface area (Å²) in [5.41, 5.74) is 0. The zero-order valence-corrected chi connectivity index (χ0v) is 10.6. The highest BCUT2D eigenvalue weighted by Gasteiger charge is 1.90. The van der Waals surface area contributed by atoms with Crippen molar-refractivity contribution < 1.29 is 0 Å². The number of unbranched alkanes of at least 4 members (excludes halogenated alkanes) is 9. The van der Waals surface area contributed by atoms with Crippen molar-refractivity contribution >= 4 is 11.0 Å². The van der Waals surface area contributed by atoms with Crippen LogP contribution >= 0.6 is 0 Å². The summed E-state index contributed by atoms with van der Waals surface area (Å²) in [6.45, 7) is 4.56. The summed E-state index contributed by atoms with van der Waals surface area (Å²) < 4.78 is 0. The molecule has 0 bridgehead atoms. The first-order valence-corrected chi connectivity index (χ1v) is 5.91. The summed E-state index contributed by atoms with van der Waals surface area (Å²) >= 11 is 0. The van der Waals surface area contributed by atoms with Crippen molar-refractivity contribution in [3.05, 3.63) is 0 Å². The Morgan fingerprint density at radius 3 is 0.923 bits per heavy atom. The molecular weight excluding hydrogens is 172 g/mol. The summed E-state index contributed by atoms with van der Waals surface area (Å²) in [4.78, 5) is 0. The maximum absolute atomic E-state index is 2.28. The summed E-state index contributed by atoms with van der Waals surface area (Å²) in [6.07, 6.45) is 14.4. The fourth-order valence-corrected chi connectivity index (χ4v) is 1.56. The number of hydrogen-bond donors (Lipinski definition) is 0. The van der Waals surface area contributed by atoms with Crippen molar-refractivity contribution in [3.63, 3.8) is 0 Å². The Morgan fingerprint density at radius 1 is 0.462 bits per heavy atom. The van der Waals surface area contributed by atoms with Crippen molar-refractivity contribution in [2.75, 3.05) is 0 Å². The first-order valence-electron chi connectivity index (χ1n) is 5.91. The smallest absolute Gasteiger partial charge is 0 e. The molecule has 0 atom stereocenters. The second-order valence-electron chi connectivity index (χ2n) is 3.83. The van der Waals surface area contributed by atoms with E-state index in [-0.39, 0.29) is 11.0 Å². The van der Waals surface area contributed by atoms with E-state index < -0.39 is 0 Å². The summed E-state index contributed by atoms with van der Waals surface area (Å²) in [5, 5.41) is 0. The fraction of sp³-hybridized carbons (Fsp3) is 1.00. The van der Waals surface area contributed by atoms with E-state index in [2.05, 4.69) is 13.8 Å². The van der Waals surface area contributed by atoms with Gasteiger partial charge in [0.25, 0.3) is 0 Å². The van der Waals surface area contributed by atoms with Crippen LogP contribution in [0.25, 0.3) is 0 Å². The van der Waals surface area contributed by atoms with E-state index in [1.54, 1.807) is 0 Å². The molecule has 4 radical (unpaired) electrons. The molecule has 0 N–H and O–H groups in total. The lowest BCUT2D eigenvalue weighted by Crippen LogP contribution is -1.80. The standard InChI is InChI=1S/C12H26.Si/c1-3-5-7-9-11-12-10-8-6-4-2;/h3-12H2,1-2H3;. The first-order chi connectivity index (χ1) is 5.91. The molecule has 0 aliphatic heterocycles. The van der Waals surface area contributed by atoms with Gasteiger partial charge in [0.05, 0.1) is 0 Å². The monoisotopic (exact) mass is 198 g/mol. The van der Waals surface area contributed by atoms with Crippen molar-refractivity contribution in [3.8, 4) is 0 Å². The van der Waals surface area contributed by atoms with E-state index in [1.165, 1.54) is 64.2 Å². The maximum Gasteiger partial charge on any atom is 0 e. The largest absolute Gasteiger partial charge is 0.0654 e. The molecular formula is C12H26Si. The summed E-state index contributed by atoms with van der Waals surface area (Å²) in [6, 6.07) is 0. The van der Waals surface area contributed by atoms with Crippen molar-refractivity contribution in [1.29, 1.82) is 0 Å². The normalized spacial score (nSPS) is 9.69. The van der Waals surface area contributed by atoms with Crippen molar-refractivity contribution in [2.45, 2.75) is 78.1 Å². The molecule has 0 aromatic rings. The number of rotatable bonds is 9. The molecule has 0 aromatic carbocycles. The van der Waals surface area contributed by atoms with Gasteiger partial charge in [-0.05, 0) is 0 Å². The van der Waals surface area contributed by atoms with Gasteiger partial charge >= 0.3 is 0 Å². The van der Waals surface area contributed by atoms with Crippen molar-refractivity contribution in [2.24, 2.45) is 0 Å². The Labute approximate surface area is 89.5 Å². The van der Waals surface area contributed by atoms with Gasteiger partial charge in [0.2, 0.25) is 0 Å². The van der Waals surface area contributed by atoms with Gasteiger partial charge < -0.3 is 0 Å². The minimum Gasteiger partial charge on any atom is -0.0654 e. The molecule has 13 heavy (non-hydrogen) atoms. The molecule has 0 spiro atoms. The van der Waals surface area contributed by atoms with Crippen molar-refractivity contribution in [1.82, 2.24) is 0 Å². The number of hydrogen-bond acceptors (Lipinski definition) is 0. The lowest BCUT2D eigenvalue weighted by atomic mass is 10.1. The minimum atomic E-state index is 0. The summed E-state index contributed by atoms with van der Waals surface area (Å²) in [7, 11) is 0. The molecule has 0 amide bonds. The van der Waals surface area contributed by atoms with Crippen LogP contribution in [0.4, 0.5) is 0 Å². The molecule has 0 heterocycles. The second kappa shape index (κ2) is 14.7. The average Bonchev–Trinajstić information content (AvgIpc) is 2.10. The van der Waals surface area contributed by atoms with Crippen LogP contribution in [0.1, 0.15) is 78.1 Å². The van der Waals surface area contributed by atoms with Gasteiger partial charge in [-0.1, -0.05) is 78.1 Å². The third-order valence-corrected chi connectivity index (χ3v) is 2.46. The van der Waals surface area contributed by atoms with E-state index in [4.69, 9.17) is 0 Å². The van der Waals surface area contributed by atoms with Crippen LogP contribution in [0, 0.1) is 0 Å². The van der Waals surface area contributed by atoms with Gasteiger partial charge in [0.1, 0.15) is 0 Å². The van der Waals surface area contributed by atoms with E-state index in [0.717, 1.165) is 0 Å². The zero-order chi connectivity index (χ0) is 9.07. The van der Waals surface area contributed by atoms with Crippen LogP contribution in [0.2, 0.25) is 0 Å². The van der Waals surface area contributed by atoms with Crippen LogP contribution < -0.4 is 0 Å². The third-order valence-electron chi connectivity index (χ3n) is 2.46. The highest BCUT2D eigenvalue weighted by Crippen LogP contribution is 2.09. The second-order valence-corrected chi connectivity index (χ2v) is 3.83. The Hall–Kier alpha value is 0.217. The van der Waals surface area contributed by atoms with Gasteiger partial charge in [-0.3, -0.25) is 0 Å². The van der Waals surface area contributed by atoms with E-state index in [9.17, 15) is 0 Å². The van der Waals surface area contributed by atoms with Crippen LogP contribution in [0.5, 0.6) is 0 Å². The lowest BCUT2D eigenvalue weighted by molar-refractivity contribution is 0.562. The van der Waals surface area contributed by atoms with Gasteiger partial charge in [-0.25, -0.2) is 0 Å². The molecule has 0 saturated heterocycles. The molecule has 0 rings (SSSR count). The third kappa shape index (κ3) is 15.0. The molecule has 78 valence electrons. The van der Waals surface area contributed by atoms with Gasteiger partial charge in [-0.2, -0.15) is 0 Å². The molecule has 0 unspecified atom stereocenters. The van der Waals surface area contributed by atoms with E-state index in [1.807, 2.05) is 0 Å². The van der Waals surface area contributed by atoms with Gasteiger partial charge in [0.15, 0.2) is 0 Å². The predicted molar refractivity (Wildman–Crippen MR) is 63.3 cm³/mol. The highest BCUT2D eigenvalue weighted by atomic mass is 28.1. The Balaban J connectivity index is 0. The SMILES string of the molecule is CCCCCCCCCCCC.[Si].